The van der Waals surface area contributed by atoms with E-state index in [0.717, 1.165) is 55.3 Å². The van der Waals surface area contributed by atoms with E-state index < -0.39 is 17.3 Å². The molecule has 4 unspecified atom stereocenters. The summed E-state index contributed by atoms with van der Waals surface area (Å²) in [5.41, 5.74) is 2.17. The van der Waals surface area contributed by atoms with E-state index >= 15 is 0 Å². The number of imidazole rings is 1. The van der Waals surface area contributed by atoms with Crippen molar-refractivity contribution in [1.82, 2.24) is 29.8 Å². The molecule has 5 rings (SSSR count). The SMILES string of the molecule is CCCCc1cn(C2C(C)CCCCC2C(=O)O)c(=O)n1CC1(c2cccc(-c3nn[nH]n3)c2)C=CN=CC1. The van der Waals surface area contributed by atoms with E-state index in [1.807, 2.05) is 29.1 Å². The predicted molar refractivity (Wildman–Crippen MR) is 149 cm³/mol. The van der Waals surface area contributed by atoms with Gasteiger partial charge in [-0.15, -0.1) is 10.2 Å². The molecule has 10 heteroatoms. The molecule has 39 heavy (non-hydrogen) atoms. The maximum Gasteiger partial charge on any atom is 0.328 e. The number of unbranched alkanes of at least 4 members (excludes halogenated alkanes) is 1. The van der Waals surface area contributed by atoms with Gasteiger partial charge in [-0.3, -0.25) is 18.9 Å². The molecule has 2 N–H and O–H groups in total. The molecule has 0 saturated heterocycles. The number of tetrazole rings is 1. The van der Waals surface area contributed by atoms with Crippen molar-refractivity contribution in [1.29, 1.82) is 0 Å². The Bertz CT molecular complexity index is 1400. The molecular weight excluding hydrogens is 494 g/mol. The van der Waals surface area contributed by atoms with Crippen molar-refractivity contribution in [3.63, 3.8) is 0 Å². The first-order valence-electron chi connectivity index (χ1n) is 14.0. The summed E-state index contributed by atoms with van der Waals surface area (Å²) in [5, 5.41) is 24.6. The first-order valence-corrected chi connectivity index (χ1v) is 14.0. The lowest BCUT2D eigenvalue weighted by Gasteiger charge is -2.32. The summed E-state index contributed by atoms with van der Waals surface area (Å²) in [6.07, 6.45) is 14.4. The number of aromatic amines is 1. The van der Waals surface area contributed by atoms with E-state index in [2.05, 4.69) is 57.7 Å². The van der Waals surface area contributed by atoms with Crippen molar-refractivity contribution in [3.8, 4) is 11.4 Å². The molecular formula is C29H37N7O3. The molecule has 206 valence electrons. The zero-order valence-electron chi connectivity index (χ0n) is 22.7. The molecule has 10 nitrogen and oxygen atoms in total. The predicted octanol–water partition coefficient (Wildman–Crippen LogP) is 4.55. The van der Waals surface area contributed by atoms with Crippen LogP contribution in [-0.4, -0.2) is 47.0 Å². The Kier molecular flexibility index (Phi) is 7.90. The Balaban J connectivity index is 1.60. The van der Waals surface area contributed by atoms with Gasteiger partial charge in [-0.05, 0) is 54.9 Å². The summed E-state index contributed by atoms with van der Waals surface area (Å²) < 4.78 is 3.64. The highest BCUT2D eigenvalue weighted by atomic mass is 16.4. The number of aliphatic imine (C=N–C) groups is 1. The van der Waals surface area contributed by atoms with Gasteiger partial charge in [-0.1, -0.05) is 57.4 Å². The zero-order chi connectivity index (χ0) is 27.4. The molecule has 3 heterocycles. The van der Waals surface area contributed by atoms with Gasteiger partial charge < -0.3 is 5.11 Å². The Hall–Kier alpha value is -3.82. The number of nitrogens with one attached hydrogen (secondary N) is 1. The number of carboxylic acids is 1. The average molecular weight is 532 g/mol. The van der Waals surface area contributed by atoms with Crippen molar-refractivity contribution in [2.45, 2.75) is 83.2 Å². The molecule has 1 aliphatic carbocycles. The van der Waals surface area contributed by atoms with Crippen LogP contribution in [0, 0.1) is 11.8 Å². The van der Waals surface area contributed by atoms with Crippen LogP contribution >= 0.6 is 0 Å². The second-order valence-electron chi connectivity index (χ2n) is 11.0. The van der Waals surface area contributed by atoms with Crippen LogP contribution in [0.2, 0.25) is 0 Å². The van der Waals surface area contributed by atoms with Crippen LogP contribution in [0.5, 0.6) is 0 Å². The van der Waals surface area contributed by atoms with Crippen molar-refractivity contribution in [2.75, 3.05) is 0 Å². The van der Waals surface area contributed by atoms with E-state index in [1.54, 1.807) is 10.8 Å². The third-order valence-electron chi connectivity index (χ3n) is 8.45. The standard InChI is InChI=1S/C29H37N7O3/c1-3-4-11-23-18-35(25-20(2)8-5-6-12-24(25)27(37)38)28(39)36(23)19-29(13-15-30-16-14-29)22-10-7-9-21(17-22)26-31-33-34-32-26/h7,9-10,13,15-18,20,24-25H,3-6,8,11-12,14,19H2,1-2H3,(H,37,38)(H,31,32,33,34). The second kappa shape index (κ2) is 11.5. The number of hydrogen-bond acceptors (Lipinski definition) is 6. The number of carboxylic acid groups (broad SMARTS) is 1. The van der Waals surface area contributed by atoms with Crippen LogP contribution in [0.25, 0.3) is 11.4 Å². The lowest BCUT2D eigenvalue weighted by atomic mass is 9.76. The van der Waals surface area contributed by atoms with Crippen molar-refractivity contribution in [3.05, 3.63) is 64.5 Å². The minimum absolute atomic E-state index is 0.100. The van der Waals surface area contributed by atoms with Crippen LogP contribution in [0.15, 0.2) is 52.5 Å². The highest BCUT2D eigenvalue weighted by molar-refractivity contribution is 5.70. The third-order valence-corrected chi connectivity index (χ3v) is 8.45. The quantitative estimate of drug-likeness (QED) is 0.390. The van der Waals surface area contributed by atoms with Crippen LogP contribution in [0.4, 0.5) is 0 Å². The molecule has 4 atom stereocenters. The Morgan fingerprint density at radius 3 is 2.82 bits per heavy atom. The Labute approximate surface area is 227 Å². The van der Waals surface area contributed by atoms with Gasteiger partial charge in [0.25, 0.3) is 0 Å². The van der Waals surface area contributed by atoms with E-state index in [9.17, 15) is 14.7 Å². The number of aromatic nitrogens is 6. The normalized spacial score (nSPS) is 25.0. The summed E-state index contributed by atoms with van der Waals surface area (Å²) in [4.78, 5) is 30.9. The largest absolute Gasteiger partial charge is 0.481 e. The van der Waals surface area contributed by atoms with E-state index in [-0.39, 0.29) is 17.6 Å². The van der Waals surface area contributed by atoms with Crippen molar-refractivity contribution < 1.29 is 9.90 Å². The van der Waals surface area contributed by atoms with Gasteiger partial charge in [0.2, 0.25) is 5.82 Å². The van der Waals surface area contributed by atoms with Crippen LogP contribution in [0.1, 0.15) is 76.1 Å². The Morgan fingerprint density at radius 1 is 1.26 bits per heavy atom. The van der Waals surface area contributed by atoms with Crippen molar-refractivity contribution in [2.24, 2.45) is 16.8 Å². The molecule has 2 aliphatic rings. The molecule has 0 bridgehead atoms. The number of H-pyrrole nitrogens is 1. The minimum Gasteiger partial charge on any atom is -0.481 e. The topological polar surface area (TPSA) is 131 Å². The molecule has 0 radical (unpaired) electrons. The molecule has 1 aliphatic heterocycles. The minimum atomic E-state index is -0.815. The third kappa shape index (κ3) is 5.37. The van der Waals surface area contributed by atoms with Gasteiger partial charge in [0.05, 0.1) is 12.0 Å². The van der Waals surface area contributed by atoms with Crippen LogP contribution < -0.4 is 5.69 Å². The summed E-state index contributed by atoms with van der Waals surface area (Å²) >= 11 is 0. The number of aryl methyl sites for hydroxylation is 1. The van der Waals surface area contributed by atoms with Gasteiger partial charge in [0.15, 0.2) is 0 Å². The number of aliphatic carboxylic acids is 1. The zero-order valence-corrected chi connectivity index (χ0v) is 22.7. The van der Waals surface area contributed by atoms with Gasteiger partial charge in [0, 0.05) is 41.8 Å². The average Bonchev–Trinajstić information content (AvgIpc) is 3.54. The first kappa shape index (κ1) is 26.8. The maximum absolute atomic E-state index is 14.2. The maximum atomic E-state index is 14.2. The molecule has 0 spiro atoms. The van der Waals surface area contributed by atoms with Crippen LogP contribution in [0.3, 0.4) is 0 Å². The summed E-state index contributed by atoms with van der Waals surface area (Å²) in [7, 11) is 0. The number of allylic oxidation sites excluding steroid dienone is 1. The molecule has 1 fully saturated rings. The molecule has 2 aromatic heterocycles. The van der Waals surface area contributed by atoms with Crippen molar-refractivity contribution >= 4 is 12.2 Å². The highest BCUT2D eigenvalue weighted by Gasteiger charge is 2.38. The van der Waals surface area contributed by atoms with Gasteiger partial charge in [-0.25, -0.2) is 4.79 Å². The first-order chi connectivity index (χ1) is 18.9. The molecule has 3 aromatic rings. The molecule has 1 aromatic carbocycles. The van der Waals surface area contributed by atoms with E-state index in [0.29, 0.717) is 25.2 Å². The summed E-state index contributed by atoms with van der Waals surface area (Å²) in [6, 6.07) is 7.67. The number of hydrogen-bond donors (Lipinski definition) is 2. The summed E-state index contributed by atoms with van der Waals surface area (Å²) in [5.74, 6) is -0.778. The van der Waals surface area contributed by atoms with E-state index in [1.165, 1.54) is 0 Å². The van der Waals surface area contributed by atoms with E-state index in [4.69, 9.17) is 0 Å². The second-order valence-corrected chi connectivity index (χ2v) is 11.0. The molecule has 0 amide bonds. The smallest absolute Gasteiger partial charge is 0.328 e. The summed E-state index contributed by atoms with van der Waals surface area (Å²) in [6.45, 7) is 4.65. The lowest BCUT2D eigenvalue weighted by Crippen LogP contribution is -2.40. The number of carbonyl (C=O) groups is 1. The number of nitrogens with zero attached hydrogens (tertiary/aromatic N) is 6. The van der Waals surface area contributed by atoms with Gasteiger partial charge >= 0.3 is 11.7 Å². The highest BCUT2D eigenvalue weighted by Crippen LogP contribution is 2.38. The molecule has 1 saturated carbocycles. The number of rotatable bonds is 9. The van der Waals surface area contributed by atoms with Gasteiger partial charge in [-0.2, -0.15) is 5.21 Å². The Morgan fingerprint density at radius 2 is 2.10 bits per heavy atom. The fourth-order valence-corrected chi connectivity index (χ4v) is 6.28. The number of benzene rings is 1. The van der Waals surface area contributed by atoms with Gasteiger partial charge in [0.1, 0.15) is 0 Å². The fraction of sp³-hybridized carbons (Fsp3) is 0.517. The lowest BCUT2D eigenvalue weighted by molar-refractivity contribution is -0.144. The monoisotopic (exact) mass is 531 g/mol. The fourth-order valence-electron chi connectivity index (χ4n) is 6.28. The van der Waals surface area contributed by atoms with Crippen LogP contribution in [-0.2, 0) is 23.2 Å².